The second kappa shape index (κ2) is 5.34. The molecule has 4 heteroatoms. The van der Waals surface area contributed by atoms with Gasteiger partial charge >= 0.3 is 0 Å². The molecule has 0 radical (unpaired) electrons. The van der Waals surface area contributed by atoms with E-state index in [0.717, 1.165) is 40.0 Å². The fourth-order valence-electron chi connectivity index (χ4n) is 2.74. The number of benzene rings is 1. The molecule has 0 saturated heterocycles. The first-order valence-electron chi connectivity index (χ1n) is 7.11. The lowest BCUT2D eigenvalue weighted by molar-refractivity contribution is -0.123. The lowest BCUT2D eigenvalue weighted by Crippen LogP contribution is -2.34. The zero-order valence-corrected chi connectivity index (χ0v) is 13.8. The van der Waals surface area contributed by atoms with Gasteiger partial charge in [-0.3, -0.25) is 4.79 Å². The summed E-state index contributed by atoms with van der Waals surface area (Å²) in [5.74, 6) is 1.87. The fourth-order valence-corrected chi connectivity index (χ4v) is 3.01. The summed E-state index contributed by atoms with van der Waals surface area (Å²) in [6, 6.07) is 10.0. The van der Waals surface area contributed by atoms with Crippen molar-refractivity contribution in [3.63, 3.8) is 0 Å². The van der Waals surface area contributed by atoms with Crippen LogP contribution in [0.4, 0.5) is 0 Å². The molecule has 2 aromatic rings. The third kappa shape index (κ3) is 2.77. The second-order valence-corrected chi connectivity index (χ2v) is 6.63. The van der Waals surface area contributed by atoms with Gasteiger partial charge in [-0.15, -0.1) is 0 Å². The molecule has 21 heavy (non-hydrogen) atoms. The summed E-state index contributed by atoms with van der Waals surface area (Å²) in [6.07, 6.45) is 1.84. The van der Waals surface area contributed by atoms with Gasteiger partial charge in [0.25, 0.3) is 0 Å². The van der Waals surface area contributed by atoms with Crippen molar-refractivity contribution in [2.75, 3.05) is 0 Å². The number of nitrogens with one attached hydrogen (secondary N) is 1. The monoisotopic (exact) mass is 347 g/mol. The highest BCUT2D eigenvalue weighted by Gasteiger charge is 2.51. The van der Waals surface area contributed by atoms with Crippen molar-refractivity contribution < 1.29 is 9.21 Å². The molecule has 0 bridgehead atoms. The van der Waals surface area contributed by atoms with Gasteiger partial charge in [0.1, 0.15) is 11.5 Å². The summed E-state index contributed by atoms with van der Waals surface area (Å²) in [5.41, 5.74) is 1.82. The first-order chi connectivity index (χ1) is 10.0. The first kappa shape index (κ1) is 14.4. The van der Waals surface area contributed by atoms with Crippen molar-refractivity contribution in [2.24, 2.45) is 0 Å². The number of hydrogen-bond acceptors (Lipinski definition) is 2. The van der Waals surface area contributed by atoms with E-state index < -0.39 is 0 Å². The average molecular weight is 348 g/mol. The number of furan rings is 1. The Kier molecular flexibility index (Phi) is 3.66. The topological polar surface area (TPSA) is 42.2 Å². The van der Waals surface area contributed by atoms with Gasteiger partial charge in [-0.1, -0.05) is 28.1 Å². The number of rotatable bonds is 4. The van der Waals surface area contributed by atoms with Crippen LogP contribution in [0.2, 0.25) is 0 Å². The molecule has 1 aliphatic rings. The van der Waals surface area contributed by atoms with E-state index in [1.54, 1.807) is 0 Å². The van der Waals surface area contributed by atoms with Crippen LogP contribution >= 0.6 is 15.9 Å². The van der Waals surface area contributed by atoms with Crippen LogP contribution in [-0.2, 0) is 16.8 Å². The van der Waals surface area contributed by atoms with Crippen molar-refractivity contribution in [1.82, 2.24) is 5.32 Å². The molecule has 1 amide bonds. The summed E-state index contributed by atoms with van der Waals surface area (Å²) in [6.45, 7) is 4.37. The van der Waals surface area contributed by atoms with E-state index in [1.807, 2.05) is 44.2 Å². The van der Waals surface area contributed by atoms with E-state index in [0.29, 0.717) is 6.54 Å². The Hall–Kier alpha value is -1.55. The molecule has 1 aliphatic carbocycles. The van der Waals surface area contributed by atoms with Gasteiger partial charge < -0.3 is 9.73 Å². The van der Waals surface area contributed by atoms with Crippen LogP contribution in [0.15, 0.2) is 39.2 Å². The minimum atomic E-state index is -0.326. The van der Waals surface area contributed by atoms with Crippen molar-refractivity contribution in [1.29, 1.82) is 0 Å². The summed E-state index contributed by atoms with van der Waals surface area (Å²) in [5, 5.41) is 3.06. The molecule has 1 heterocycles. The number of hydrogen-bond donors (Lipinski definition) is 1. The smallest absolute Gasteiger partial charge is 0.230 e. The maximum atomic E-state index is 12.6. The van der Waals surface area contributed by atoms with Crippen molar-refractivity contribution >= 4 is 21.8 Å². The lowest BCUT2D eigenvalue weighted by atomic mass is 9.95. The third-order valence-corrected chi connectivity index (χ3v) is 4.69. The van der Waals surface area contributed by atoms with Crippen molar-refractivity contribution in [2.45, 2.75) is 38.6 Å². The standard InChI is InChI=1S/C17H18BrNO2/c1-11-9-13(12(2)21-11)10-19-16(20)17(7-8-17)14-3-5-15(18)6-4-14/h3-6,9H,7-8,10H2,1-2H3,(H,19,20). The van der Waals surface area contributed by atoms with Crippen LogP contribution in [0.1, 0.15) is 35.5 Å². The number of carbonyl (C=O) groups excluding carboxylic acids is 1. The van der Waals surface area contributed by atoms with Gasteiger partial charge in [-0.2, -0.15) is 0 Å². The molecule has 110 valence electrons. The van der Waals surface area contributed by atoms with Gasteiger partial charge in [0.15, 0.2) is 0 Å². The number of aryl methyl sites for hydroxylation is 2. The Labute approximate surface area is 132 Å². The highest BCUT2D eigenvalue weighted by molar-refractivity contribution is 9.10. The van der Waals surface area contributed by atoms with E-state index in [1.165, 1.54) is 0 Å². The number of amides is 1. The molecule has 0 aliphatic heterocycles. The molecule has 0 atom stereocenters. The zero-order chi connectivity index (χ0) is 15.0. The molecule has 1 fully saturated rings. The maximum absolute atomic E-state index is 12.6. The van der Waals surface area contributed by atoms with Crippen LogP contribution in [-0.4, -0.2) is 5.91 Å². The Morgan fingerprint density at radius 1 is 1.29 bits per heavy atom. The molecular weight excluding hydrogens is 330 g/mol. The van der Waals surface area contributed by atoms with Crippen LogP contribution in [0.25, 0.3) is 0 Å². The third-order valence-electron chi connectivity index (χ3n) is 4.16. The molecule has 1 N–H and O–H groups in total. The highest BCUT2D eigenvalue weighted by atomic mass is 79.9. The van der Waals surface area contributed by atoms with Gasteiger partial charge in [0.05, 0.1) is 5.41 Å². The van der Waals surface area contributed by atoms with E-state index in [4.69, 9.17) is 4.42 Å². The van der Waals surface area contributed by atoms with E-state index in [2.05, 4.69) is 21.2 Å². The van der Waals surface area contributed by atoms with Crippen LogP contribution < -0.4 is 5.32 Å². The predicted molar refractivity (Wildman–Crippen MR) is 85.1 cm³/mol. The second-order valence-electron chi connectivity index (χ2n) is 5.71. The van der Waals surface area contributed by atoms with Gasteiger partial charge in [0, 0.05) is 16.6 Å². The predicted octanol–water partition coefficient (Wildman–Crippen LogP) is 4.01. The molecule has 0 spiro atoms. The Bertz CT molecular complexity index is 669. The molecule has 3 rings (SSSR count). The van der Waals surface area contributed by atoms with Gasteiger partial charge in [-0.25, -0.2) is 0 Å². The molecular formula is C17H18BrNO2. The number of carbonyl (C=O) groups is 1. The minimum Gasteiger partial charge on any atom is -0.466 e. The molecule has 1 aromatic heterocycles. The summed E-state index contributed by atoms with van der Waals surface area (Å²) in [7, 11) is 0. The average Bonchev–Trinajstić information content (AvgIpc) is 3.19. The maximum Gasteiger partial charge on any atom is 0.230 e. The van der Waals surface area contributed by atoms with Crippen LogP contribution in [0, 0.1) is 13.8 Å². The van der Waals surface area contributed by atoms with E-state index in [-0.39, 0.29) is 11.3 Å². The van der Waals surface area contributed by atoms with E-state index in [9.17, 15) is 4.79 Å². The number of halogens is 1. The van der Waals surface area contributed by atoms with Crippen LogP contribution in [0.5, 0.6) is 0 Å². The summed E-state index contributed by atoms with van der Waals surface area (Å²) < 4.78 is 6.52. The van der Waals surface area contributed by atoms with Crippen LogP contribution in [0.3, 0.4) is 0 Å². The lowest BCUT2D eigenvalue weighted by Gasteiger charge is -2.15. The zero-order valence-electron chi connectivity index (χ0n) is 12.2. The minimum absolute atomic E-state index is 0.114. The quantitative estimate of drug-likeness (QED) is 0.907. The molecule has 0 unspecified atom stereocenters. The molecule has 1 aromatic carbocycles. The molecule has 3 nitrogen and oxygen atoms in total. The Balaban J connectivity index is 1.70. The highest BCUT2D eigenvalue weighted by Crippen LogP contribution is 2.48. The first-order valence-corrected chi connectivity index (χ1v) is 7.91. The van der Waals surface area contributed by atoms with Gasteiger partial charge in [0.2, 0.25) is 5.91 Å². The Morgan fingerprint density at radius 3 is 2.48 bits per heavy atom. The summed E-state index contributed by atoms with van der Waals surface area (Å²) in [4.78, 5) is 12.6. The van der Waals surface area contributed by atoms with Crippen molar-refractivity contribution in [3.8, 4) is 0 Å². The normalized spacial score (nSPS) is 15.8. The van der Waals surface area contributed by atoms with E-state index >= 15 is 0 Å². The summed E-state index contributed by atoms with van der Waals surface area (Å²) >= 11 is 3.43. The Morgan fingerprint density at radius 2 is 1.95 bits per heavy atom. The van der Waals surface area contributed by atoms with Gasteiger partial charge in [-0.05, 0) is 50.5 Å². The van der Waals surface area contributed by atoms with Crippen molar-refractivity contribution in [3.05, 3.63) is 57.5 Å². The fraction of sp³-hybridized carbons (Fsp3) is 0.353. The largest absolute Gasteiger partial charge is 0.466 e. The SMILES string of the molecule is Cc1cc(CNC(=O)C2(c3ccc(Br)cc3)CC2)c(C)o1. The molecule has 1 saturated carbocycles.